The van der Waals surface area contributed by atoms with Gasteiger partial charge in [0.25, 0.3) is 0 Å². The summed E-state index contributed by atoms with van der Waals surface area (Å²) in [5, 5.41) is 8.85. The lowest BCUT2D eigenvalue weighted by molar-refractivity contribution is -0.139. The summed E-state index contributed by atoms with van der Waals surface area (Å²) in [4.78, 5) is 0. The maximum absolute atomic E-state index is 13.1. The van der Waals surface area contributed by atoms with Crippen LogP contribution in [0.1, 0.15) is 42.5 Å². The molecule has 0 amide bonds. The second-order valence-electron chi connectivity index (χ2n) is 7.30. The Morgan fingerprint density at radius 1 is 0.903 bits per heavy atom. The molecule has 0 unspecified atom stereocenters. The van der Waals surface area contributed by atoms with Gasteiger partial charge in [0.1, 0.15) is 17.1 Å². The number of nitriles is 1. The second kappa shape index (κ2) is 9.06. The summed E-state index contributed by atoms with van der Waals surface area (Å²) in [5.41, 5.74) is 1.75. The molecule has 2 aromatic carbocycles. The molecule has 31 heavy (non-hydrogen) atoms. The first kappa shape index (κ1) is 24.3. The van der Waals surface area contributed by atoms with Gasteiger partial charge in [0.05, 0.1) is 29.4 Å². The minimum absolute atomic E-state index is 0.0157. The van der Waals surface area contributed by atoms with Crippen LogP contribution in [0.25, 0.3) is 0 Å². The molecule has 0 aliphatic heterocycles. The first-order chi connectivity index (χ1) is 14.3. The third-order valence-corrected chi connectivity index (χ3v) is 4.39. The highest BCUT2D eigenvalue weighted by atomic mass is 19.4. The van der Waals surface area contributed by atoms with E-state index in [-0.39, 0.29) is 36.6 Å². The molecule has 2 N–H and O–H groups in total. The molecule has 0 atom stereocenters. The van der Waals surface area contributed by atoms with Crippen molar-refractivity contribution in [3.63, 3.8) is 0 Å². The van der Waals surface area contributed by atoms with Gasteiger partial charge in [-0.2, -0.15) is 31.6 Å². The van der Waals surface area contributed by atoms with Gasteiger partial charge in [-0.05, 0) is 49.7 Å². The zero-order valence-corrected chi connectivity index (χ0v) is 16.7. The summed E-state index contributed by atoms with van der Waals surface area (Å²) in [7, 11) is 0. The van der Waals surface area contributed by atoms with E-state index < -0.39 is 34.6 Å². The maximum Gasteiger partial charge on any atom is 0.417 e. The predicted octanol–water partition coefficient (Wildman–Crippen LogP) is 5.68. The molecule has 0 spiro atoms. The van der Waals surface area contributed by atoms with Crippen molar-refractivity contribution in [1.82, 2.24) is 0 Å². The zero-order valence-electron chi connectivity index (χ0n) is 16.7. The van der Waals surface area contributed by atoms with Crippen LogP contribution in [0.15, 0.2) is 36.4 Å². The Morgan fingerprint density at radius 3 is 2.03 bits per heavy atom. The molecular formula is C21H20F6N2O2. The largest absolute Gasteiger partial charge is 0.493 e. The summed E-state index contributed by atoms with van der Waals surface area (Å²) in [6.45, 7) is 2.87. The van der Waals surface area contributed by atoms with Gasteiger partial charge in [0.15, 0.2) is 0 Å². The van der Waals surface area contributed by atoms with E-state index in [4.69, 9.17) is 20.5 Å². The third kappa shape index (κ3) is 6.52. The monoisotopic (exact) mass is 446 g/mol. The number of benzene rings is 2. The van der Waals surface area contributed by atoms with E-state index in [9.17, 15) is 26.3 Å². The number of ether oxygens (including phenoxy) is 2. The number of hydrogen-bond acceptors (Lipinski definition) is 4. The lowest BCUT2D eigenvalue weighted by atomic mass is 10.0. The molecule has 0 aliphatic carbocycles. The quantitative estimate of drug-likeness (QED) is 0.556. The Kier molecular flexibility index (Phi) is 7.11. The highest BCUT2D eigenvalue weighted by Crippen LogP contribution is 2.36. The van der Waals surface area contributed by atoms with Crippen molar-refractivity contribution in [2.24, 2.45) is 5.73 Å². The number of halogens is 6. The number of nitrogens with zero attached hydrogens (tertiary/aromatic N) is 1. The molecule has 0 bridgehead atoms. The second-order valence-corrected chi connectivity index (χ2v) is 7.30. The molecule has 0 saturated carbocycles. The fourth-order valence-corrected chi connectivity index (χ4v) is 2.79. The SMILES string of the molecule is CC(C)(CCOc1ccc(CN)c(C(F)(F)F)c1)Oc1ccc(C#N)c(C(F)(F)F)c1. The topological polar surface area (TPSA) is 68.3 Å². The molecule has 0 saturated heterocycles. The van der Waals surface area contributed by atoms with Crippen LogP contribution in [-0.2, 0) is 18.9 Å². The number of hydrogen-bond donors (Lipinski definition) is 1. The van der Waals surface area contributed by atoms with E-state index in [1.807, 2.05) is 0 Å². The van der Waals surface area contributed by atoms with Gasteiger partial charge in [-0.15, -0.1) is 0 Å². The summed E-state index contributed by atoms with van der Waals surface area (Å²) in [6, 6.07) is 7.93. The Bertz CT molecular complexity index is 962. The van der Waals surface area contributed by atoms with Crippen LogP contribution in [0.5, 0.6) is 11.5 Å². The van der Waals surface area contributed by atoms with Crippen LogP contribution in [-0.4, -0.2) is 12.2 Å². The number of alkyl halides is 6. The van der Waals surface area contributed by atoms with Gasteiger partial charge in [-0.1, -0.05) is 6.07 Å². The normalized spacial score (nSPS) is 12.4. The van der Waals surface area contributed by atoms with Gasteiger partial charge in [0, 0.05) is 13.0 Å². The van der Waals surface area contributed by atoms with Crippen molar-refractivity contribution in [2.75, 3.05) is 6.61 Å². The summed E-state index contributed by atoms with van der Waals surface area (Å²) < 4.78 is 89.6. The first-order valence-electron chi connectivity index (χ1n) is 9.10. The summed E-state index contributed by atoms with van der Waals surface area (Å²) >= 11 is 0. The Morgan fingerprint density at radius 2 is 1.48 bits per heavy atom. The van der Waals surface area contributed by atoms with Gasteiger partial charge < -0.3 is 15.2 Å². The lowest BCUT2D eigenvalue weighted by Gasteiger charge is -2.27. The van der Waals surface area contributed by atoms with Crippen molar-refractivity contribution >= 4 is 0 Å². The molecule has 4 nitrogen and oxygen atoms in total. The van der Waals surface area contributed by atoms with Crippen LogP contribution in [0.2, 0.25) is 0 Å². The van der Waals surface area contributed by atoms with Crippen molar-refractivity contribution in [1.29, 1.82) is 5.26 Å². The standard InChI is InChI=1S/C21H20F6N2O2/c1-19(2,31-16-6-4-14(12-29)18(10-16)21(25,26)27)7-8-30-15-5-3-13(11-28)17(9-15)20(22,23)24/h3-6,9-10H,7-8,11,28H2,1-2H3. The van der Waals surface area contributed by atoms with E-state index in [1.54, 1.807) is 13.8 Å². The average molecular weight is 446 g/mol. The zero-order chi connectivity index (χ0) is 23.4. The van der Waals surface area contributed by atoms with E-state index in [2.05, 4.69) is 0 Å². The van der Waals surface area contributed by atoms with Crippen LogP contribution in [0.3, 0.4) is 0 Å². The minimum Gasteiger partial charge on any atom is -0.493 e. The molecule has 10 heteroatoms. The first-order valence-corrected chi connectivity index (χ1v) is 9.10. The van der Waals surface area contributed by atoms with Crippen molar-refractivity contribution < 1.29 is 35.8 Å². The number of nitrogens with two attached hydrogens (primary N) is 1. The Hall–Kier alpha value is -2.93. The van der Waals surface area contributed by atoms with Gasteiger partial charge in [-0.25, -0.2) is 0 Å². The van der Waals surface area contributed by atoms with Crippen molar-refractivity contribution in [2.45, 2.75) is 44.8 Å². The van der Waals surface area contributed by atoms with E-state index >= 15 is 0 Å². The smallest absolute Gasteiger partial charge is 0.417 e. The molecule has 0 radical (unpaired) electrons. The van der Waals surface area contributed by atoms with Gasteiger partial charge >= 0.3 is 12.4 Å². The fourth-order valence-electron chi connectivity index (χ4n) is 2.79. The van der Waals surface area contributed by atoms with Crippen LogP contribution >= 0.6 is 0 Å². The average Bonchev–Trinajstić information content (AvgIpc) is 2.66. The molecule has 168 valence electrons. The fraction of sp³-hybridized carbons (Fsp3) is 0.381. The molecule has 0 aromatic heterocycles. The van der Waals surface area contributed by atoms with Crippen molar-refractivity contribution in [3.05, 3.63) is 58.7 Å². The molecule has 0 fully saturated rings. The summed E-state index contributed by atoms with van der Waals surface area (Å²) in [5.74, 6) is -0.110. The highest BCUT2D eigenvalue weighted by Gasteiger charge is 2.35. The van der Waals surface area contributed by atoms with E-state index in [0.29, 0.717) is 0 Å². The number of rotatable bonds is 7. The van der Waals surface area contributed by atoms with E-state index in [1.165, 1.54) is 24.3 Å². The van der Waals surface area contributed by atoms with Gasteiger partial charge in [-0.3, -0.25) is 0 Å². The van der Waals surface area contributed by atoms with Crippen LogP contribution < -0.4 is 15.2 Å². The van der Waals surface area contributed by atoms with E-state index in [0.717, 1.165) is 18.2 Å². The molecule has 2 aromatic rings. The highest BCUT2D eigenvalue weighted by molar-refractivity contribution is 5.44. The molecule has 0 aliphatic rings. The minimum atomic E-state index is -4.72. The molecule has 0 heterocycles. The predicted molar refractivity (Wildman–Crippen MR) is 100 cm³/mol. The molecular weight excluding hydrogens is 426 g/mol. The lowest BCUT2D eigenvalue weighted by Crippen LogP contribution is -2.30. The Balaban J connectivity index is 2.07. The van der Waals surface area contributed by atoms with Crippen LogP contribution in [0.4, 0.5) is 26.3 Å². The third-order valence-electron chi connectivity index (χ3n) is 4.39. The van der Waals surface area contributed by atoms with Crippen molar-refractivity contribution in [3.8, 4) is 17.6 Å². The maximum atomic E-state index is 13.1. The Labute approximate surface area is 175 Å². The van der Waals surface area contributed by atoms with Crippen LogP contribution in [0, 0.1) is 11.3 Å². The summed E-state index contributed by atoms with van der Waals surface area (Å²) in [6.07, 6.45) is -9.14. The van der Waals surface area contributed by atoms with Gasteiger partial charge in [0.2, 0.25) is 0 Å². The molecule has 2 rings (SSSR count).